The zero-order valence-electron chi connectivity index (χ0n) is 18.4. The second kappa shape index (κ2) is 9.77. The quantitative estimate of drug-likeness (QED) is 0.421. The molecule has 3 saturated heterocycles. The molecule has 0 aromatic carbocycles. The van der Waals surface area contributed by atoms with E-state index in [2.05, 4.69) is 15.5 Å². The summed E-state index contributed by atoms with van der Waals surface area (Å²) in [6.45, 7) is 1.84. The molecule has 0 radical (unpaired) electrons. The fourth-order valence-corrected chi connectivity index (χ4v) is 6.43. The summed E-state index contributed by atoms with van der Waals surface area (Å²) in [5.41, 5.74) is -0.986. The lowest BCUT2D eigenvalue weighted by atomic mass is 9.80. The number of urea groups is 1. The summed E-state index contributed by atoms with van der Waals surface area (Å²) in [4.78, 5) is 26.6. The molecule has 2 aromatic rings. The maximum absolute atomic E-state index is 13.5. The molecule has 8 nitrogen and oxygen atoms in total. The molecular formula is C23H29BrN4O4S. The van der Waals surface area contributed by atoms with E-state index in [0.29, 0.717) is 31.0 Å². The van der Waals surface area contributed by atoms with Crippen LogP contribution in [0.3, 0.4) is 0 Å². The van der Waals surface area contributed by atoms with Crippen LogP contribution in [0.15, 0.2) is 35.2 Å². The highest BCUT2D eigenvalue weighted by Gasteiger charge is 2.55. The molecule has 1 saturated carbocycles. The van der Waals surface area contributed by atoms with Crippen molar-refractivity contribution in [2.75, 3.05) is 25.0 Å². The van der Waals surface area contributed by atoms with E-state index in [1.54, 1.807) is 18.3 Å². The Kier molecular flexibility index (Phi) is 7.18. The normalized spacial score (nSPS) is 28.5. The number of amides is 2. The molecule has 33 heavy (non-hydrogen) atoms. The number of anilines is 1. The first-order valence-electron chi connectivity index (χ1n) is 11.4. The molecule has 2 bridgehead atoms. The topological polar surface area (TPSA) is 101 Å². The zero-order valence-corrected chi connectivity index (χ0v) is 20.8. The summed E-state index contributed by atoms with van der Waals surface area (Å²) in [7, 11) is 0. The molecular weight excluding hydrogens is 508 g/mol. The number of carbonyl (C=O) groups excluding carboxylic acids is 2. The van der Waals surface area contributed by atoms with E-state index >= 15 is 0 Å². The van der Waals surface area contributed by atoms with Crippen molar-refractivity contribution < 1.29 is 40.9 Å². The molecule has 2 N–H and O–H groups in total. The minimum Gasteiger partial charge on any atom is -1.00 e. The van der Waals surface area contributed by atoms with Gasteiger partial charge in [-0.05, 0) is 41.8 Å². The number of fused-ring (bicyclic) bond motifs is 3. The predicted octanol–water partition coefficient (Wildman–Crippen LogP) is 0.304. The number of halogens is 1. The van der Waals surface area contributed by atoms with Crippen LogP contribution >= 0.6 is 11.3 Å². The number of quaternary nitrogens is 1. The van der Waals surface area contributed by atoms with Crippen molar-refractivity contribution in [3.63, 3.8) is 0 Å². The lowest BCUT2D eigenvalue weighted by Gasteiger charge is -2.49. The van der Waals surface area contributed by atoms with Crippen LogP contribution in [-0.4, -0.2) is 57.5 Å². The molecule has 1 aliphatic carbocycles. The number of carbonyl (C=O) groups is 2. The number of hydrogen-bond acceptors (Lipinski definition) is 7. The van der Waals surface area contributed by atoms with Crippen LogP contribution in [0.4, 0.5) is 10.6 Å². The van der Waals surface area contributed by atoms with Crippen molar-refractivity contribution in [2.45, 2.75) is 50.2 Å². The first kappa shape index (κ1) is 24.3. The van der Waals surface area contributed by atoms with Crippen molar-refractivity contribution in [3.8, 4) is 0 Å². The van der Waals surface area contributed by atoms with E-state index < -0.39 is 11.6 Å². The number of esters is 1. The molecule has 1 unspecified atom stereocenters. The molecule has 4 fully saturated rings. The third-order valence-corrected chi connectivity index (χ3v) is 8.31. The Morgan fingerprint density at radius 3 is 2.58 bits per heavy atom. The molecule has 10 heteroatoms. The predicted molar refractivity (Wildman–Crippen MR) is 119 cm³/mol. The van der Waals surface area contributed by atoms with Gasteiger partial charge in [-0.25, -0.2) is 14.1 Å². The Balaban J connectivity index is 0.00000259. The van der Waals surface area contributed by atoms with E-state index in [1.807, 2.05) is 16.8 Å². The van der Waals surface area contributed by atoms with Crippen LogP contribution in [0.1, 0.15) is 44.1 Å². The Hall–Kier alpha value is -1.88. The van der Waals surface area contributed by atoms with Crippen molar-refractivity contribution in [3.05, 3.63) is 40.7 Å². The van der Waals surface area contributed by atoms with Crippen LogP contribution in [0, 0.1) is 11.8 Å². The third-order valence-electron chi connectivity index (χ3n) is 7.63. The van der Waals surface area contributed by atoms with Gasteiger partial charge in [0.1, 0.15) is 6.54 Å². The van der Waals surface area contributed by atoms with Crippen LogP contribution in [0.5, 0.6) is 0 Å². The molecule has 4 aliphatic rings. The molecule has 2 amide bonds. The summed E-state index contributed by atoms with van der Waals surface area (Å²) in [5, 5.41) is 26.0. The van der Waals surface area contributed by atoms with E-state index in [4.69, 9.17) is 4.74 Å². The van der Waals surface area contributed by atoms with E-state index in [1.165, 1.54) is 11.3 Å². The summed E-state index contributed by atoms with van der Waals surface area (Å²) in [6, 6.07) is 5.11. The van der Waals surface area contributed by atoms with Crippen LogP contribution in [0.2, 0.25) is 0 Å². The van der Waals surface area contributed by atoms with E-state index in [0.717, 1.165) is 38.5 Å². The monoisotopic (exact) mass is 536 g/mol. The smallest absolute Gasteiger partial charge is 0.422 e. The second-order valence-electron chi connectivity index (χ2n) is 9.35. The number of aromatic nitrogens is 2. The van der Waals surface area contributed by atoms with Gasteiger partial charge < -0.3 is 26.8 Å². The van der Waals surface area contributed by atoms with Gasteiger partial charge in [0, 0.05) is 36.4 Å². The largest absolute Gasteiger partial charge is 1.00 e. The van der Waals surface area contributed by atoms with Crippen molar-refractivity contribution >= 4 is 29.2 Å². The van der Waals surface area contributed by atoms with Crippen LogP contribution in [-0.2, 0) is 15.1 Å². The van der Waals surface area contributed by atoms with Crippen LogP contribution < -0.4 is 22.3 Å². The maximum atomic E-state index is 13.5. The average Bonchev–Trinajstić information content (AvgIpc) is 3.55. The molecule has 5 heterocycles. The van der Waals surface area contributed by atoms with E-state index in [9.17, 15) is 14.7 Å². The van der Waals surface area contributed by atoms with Gasteiger partial charge in [0.2, 0.25) is 0 Å². The number of nitrogens with zero attached hydrogens (tertiary/aromatic N) is 3. The van der Waals surface area contributed by atoms with Gasteiger partial charge in [-0.1, -0.05) is 12.8 Å². The fourth-order valence-electron chi connectivity index (χ4n) is 5.72. The first-order valence-corrected chi connectivity index (χ1v) is 12.4. The number of rotatable bonds is 5. The number of nitrogens with one attached hydrogen (secondary N) is 1. The van der Waals surface area contributed by atoms with E-state index in [-0.39, 0.29) is 45.4 Å². The molecule has 3 aliphatic heterocycles. The highest BCUT2D eigenvalue weighted by Crippen LogP contribution is 2.44. The average molecular weight is 537 g/mol. The van der Waals surface area contributed by atoms with Gasteiger partial charge in [0.05, 0.1) is 13.1 Å². The Labute approximate surface area is 207 Å². The minimum atomic E-state index is -1.62. The molecule has 0 spiro atoms. The zero-order chi connectivity index (χ0) is 22.2. The van der Waals surface area contributed by atoms with Gasteiger partial charge in [-0.2, -0.15) is 16.4 Å². The number of aliphatic hydroxyl groups is 1. The lowest BCUT2D eigenvalue weighted by Crippen LogP contribution is -3.00. The standard InChI is InChI=1S/C23H28N4O4S.BrH/c28-21(23(30,17-4-1-2-5-17)18-9-13-32-15-18)31-19-14-27(11-7-16(19)8-12-27)22(29)25-20-6-3-10-24-26-20;/h3,6,9-10,13,15-17,19,30H,1-2,4-5,7-8,11-12,14H2;1H/t16?,19-,23?,27?;/m0./s1. The highest BCUT2D eigenvalue weighted by atomic mass is 79.9. The van der Waals surface area contributed by atoms with Crippen LogP contribution in [0.25, 0.3) is 0 Å². The number of hydrogen-bond donors (Lipinski definition) is 2. The Bertz CT molecular complexity index is 962. The van der Waals surface area contributed by atoms with Gasteiger partial charge >= 0.3 is 12.0 Å². The van der Waals surface area contributed by atoms with Gasteiger partial charge in [0.25, 0.3) is 0 Å². The number of ether oxygens (including phenoxy) is 1. The first-order chi connectivity index (χ1) is 15.5. The summed E-state index contributed by atoms with van der Waals surface area (Å²) in [5.74, 6) is -0.0549. The fraction of sp³-hybridized carbons (Fsp3) is 0.565. The number of thiophene rings is 1. The Morgan fingerprint density at radius 1 is 1.18 bits per heavy atom. The van der Waals surface area contributed by atoms with Crippen molar-refractivity contribution in [1.29, 1.82) is 0 Å². The lowest BCUT2D eigenvalue weighted by molar-refractivity contribution is -0.869. The van der Waals surface area contributed by atoms with Crippen molar-refractivity contribution in [2.24, 2.45) is 11.8 Å². The third kappa shape index (κ3) is 4.45. The maximum Gasteiger partial charge on any atom is 0.422 e. The molecule has 2 atom stereocenters. The minimum absolute atomic E-state index is 0. The Morgan fingerprint density at radius 2 is 1.94 bits per heavy atom. The molecule has 2 aromatic heterocycles. The highest BCUT2D eigenvalue weighted by molar-refractivity contribution is 7.08. The van der Waals surface area contributed by atoms with Gasteiger partial charge in [-0.3, -0.25) is 5.32 Å². The molecule has 178 valence electrons. The summed E-state index contributed by atoms with van der Waals surface area (Å²) in [6.07, 6.45) is 6.45. The van der Waals surface area contributed by atoms with Crippen molar-refractivity contribution in [1.82, 2.24) is 10.2 Å². The van der Waals surface area contributed by atoms with Gasteiger partial charge in [0.15, 0.2) is 17.5 Å². The summed E-state index contributed by atoms with van der Waals surface area (Å²) < 4.78 is 6.26. The van der Waals surface area contributed by atoms with Gasteiger partial charge in [-0.15, -0.1) is 5.10 Å². The molecule has 6 rings (SSSR count). The SMILES string of the molecule is O=C(O[C@H]1C[N+]2(C(=O)Nc3cccnn3)CCC1CC2)C(O)(c1ccsc1)C1CCCC1.[Br-]. The summed E-state index contributed by atoms with van der Waals surface area (Å²) >= 11 is 1.47. The second-order valence-corrected chi connectivity index (χ2v) is 10.1. The number of piperidine rings is 3.